The Morgan fingerprint density at radius 3 is 2.79 bits per heavy atom. The molecule has 0 bridgehead atoms. The van der Waals surface area contributed by atoms with Crippen molar-refractivity contribution in [3.05, 3.63) is 45.4 Å². The summed E-state index contributed by atoms with van der Waals surface area (Å²) in [6.07, 6.45) is 0. The Labute approximate surface area is 120 Å². The Balaban J connectivity index is 2.16. The molecule has 1 aromatic carbocycles. The maximum absolute atomic E-state index is 6.02. The first-order valence-corrected chi connectivity index (χ1v) is 7.25. The molecule has 0 fully saturated rings. The number of aryl methyl sites for hydroxylation is 1. The summed E-state index contributed by atoms with van der Waals surface area (Å²) < 4.78 is 3.03. The molecule has 3 nitrogen and oxygen atoms in total. The SMILES string of the molecule is Cc1nc2cc(N)ccc2n1C(C)c1ccc(Cl)s1. The van der Waals surface area contributed by atoms with Crippen LogP contribution >= 0.6 is 22.9 Å². The number of hydrogen-bond acceptors (Lipinski definition) is 3. The summed E-state index contributed by atoms with van der Waals surface area (Å²) in [6, 6.07) is 10.1. The van der Waals surface area contributed by atoms with Gasteiger partial charge in [-0.05, 0) is 44.2 Å². The van der Waals surface area contributed by atoms with Crippen molar-refractivity contribution in [1.29, 1.82) is 0 Å². The highest BCUT2D eigenvalue weighted by molar-refractivity contribution is 7.16. The number of hydrogen-bond donors (Lipinski definition) is 1. The monoisotopic (exact) mass is 291 g/mol. The van der Waals surface area contributed by atoms with Crippen LogP contribution in [0.5, 0.6) is 0 Å². The second-order valence-corrected chi connectivity index (χ2v) is 6.34. The zero-order valence-corrected chi connectivity index (χ0v) is 12.3. The first-order valence-electron chi connectivity index (χ1n) is 6.05. The van der Waals surface area contributed by atoms with E-state index < -0.39 is 0 Å². The molecular formula is C14H14ClN3S. The van der Waals surface area contributed by atoms with Crippen molar-refractivity contribution in [1.82, 2.24) is 9.55 Å². The molecule has 0 aliphatic heterocycles. The number of aromatic nitrogens is 2. The van der Waals surface area contributed by atoms with Crippen molar-refractivity contribution in [2.45, 2.75) is 19.9 Å². The van der Waals surface area contributed by atoms with Gasteiger partial charge < -0.3 is 10.3 Å². The van der Waals surface area contributed by atoms with Crippen LogP contribution in [-0.4, -0.2) is 9.55 Å². The van der Waals surface area contributed by atoms with E-state index in [1.165, 1.54) is 4.88 Å². The first kappa shape index (κ1) is 12.5. The lowest BCUT2D eigenvalue weighted by atomic mass is 10.2. The number of imidazole rings is 1. The van der Waals surface area contributed by atoms with Gasteiger partial charge in [-0.15, -0.1) is 11.3 Å². The van der Waals surface area contributed by atoms with Gasteiger partial charge in [-0.25, -0.2) is 4.98 Å². The summed E-state index contributed by atoms with van der Waals surface area (Å²) in [4.78, 5) is 5.81. The average molecular weight is 292 g/mol. The summed E-state index contributed by atoms with van der Waals surface area (Å²) in [5.41, 5.74) is 8.59. The number of nitrogens with zero attached hydrogens (tertiary/aromatic N) is 2. The second kappa shape index (κ2) is 4.54. The lowest BCUT2D eigenvalue weighted by Crippen LogP contribution is -2.06. The lowest BCUT2D eigenvalue weighted by Gasteiger charge is -2.14. The minimum atomic E-state index is 0.214. The zero-order valence-electron chi connectivity index (χ0n) is 10.7. The van der Waals surface area contributed by atoms with E-state index in [0.29, 0.717) is 0 Å². The Bertz CT molecular complexity index is 744. The van der Waals surface area contributed by atoms with E-state index in [0.717, 1.165) is 26.9 Å². The van der Waals surface area contributed by atoms with E-state index in [1.54, 1.807) is 11.3 Å². The molecule has 0 radical (unpaired) electrons. The van der Waals surface area contributed by atoms with E-state index in [-0.39, 0.29) is 6.04 Å². The normalized spacial score (nSPS) is 13.0. The average Bonchev–Trinajstić information content (AvgIpc) is 2.91. The summed E-state index contributed by atoms with van der Waals surface area (Å²) in [6.45, 7) is 4.18. The highest BCUT2D eigenvalue weighted by Crippen LogP contribution is 2.32. The smallest absolute Gasteiger partial charge is 0.107 e. The molecule has 2 aromatic heterocycles. The van der Waals surface area contributed by atoms with Crippen LogP contribution in [0.1, 0.15) is 23.7 Å². The zero-order chi connectivity index (χ0) is 13.6. The van der Waals surface area contributed by atoms with Crippen LogP contribution in [0.4, 0.5) is 5.69 Å². The number of anilines is 1. The van der Waals surface area contributed by atoms with Crippen LogP contribution in [0.15, 0.2) is 30.3 Å². The first-order chi connectivity index (χ1) is 9.06. The molecule has 2 N–H and O–H groups in total. The third-order valence-corrected chi connectivity index (χ3v) is 4.68. The summed E-state index contributed by atoms with van der Waals surface area (Å²) >= 11 is 7.63. The van der Waals surface area contributed by atoms with Crippen molar-refractivity contribution >= 4 is 39.7 Å². The van der Waals surface area contributed by atoms with Gasteiger partial charge in [-0.2, -0.15) is 0 Å². The molecule has 5 heteroatoms. The molecule has 0 saturated heterocycles. The molecular weight excluding hydrogens is 278 g/mol. The summed E-state index contributed by atoms with van der Waals surface area (Å²) in [7, 11) is 0. The predicted molar refractivity (Wildman–Crippen MR) is 82.0 cm³/mol. The fourth-order valence-corrected chi connectivity index (χ4v) is 3.51. The van der Waals surface area contributed by atoms with Gasteiger partial charge in [0.15, 0.2) is 0 Å². The van der Waals surface area contributed by atoms with E-state index >= 15 is 0 Å². The highest BCUT2D eigenvalue weighted by atomic mass is 35.5. The molecule has 1 unspecified atom stereocenters. The number of fused-ring (bicyclic) bond motifs is 1. The Morgan fingerprint density at radius 1 is 1.32 bits per heavy atom. The molecule has 0 aliphatic carbocycles. The van der Waals surface area contributed by atoms with Crippen LogP contribution < -0.4 is 5.73 Å². The molecule has 3 aromatic rings. The molecule has 3 rings (SSSR count). The predicted octanol–water partition coefficient (Wildman–Crippen LogP) is 4.25. The topological polar surface area (TPSA) is 43.8 Å². The molecule has 0 spiro atoms. The van der Waals surface area contributed by atoms with Gasteiger partial charge in [-0.3, -0.25) is 0 Å². The molecule has 19 heavy (non-hydrogen) atoms. The van der Waals surface area contributed by atoms with Gasteiger partial charge in [0.25, 0.3) is 0 Å². The van der Waals surface area contributed by atoms with Gasteiger partial charge in [0.2, 0.25) is 0 Å². The Kier molecular flexibility index (Phi) is 2.99. The molecule has 98 valence electrons. The van der Waals surface area contributed by atoms with Crippen molar-refractivity contribution in [3.63, 3.8) is 0 Å². The van der Waals surface area contributed by atoms with Crippen molar-refractivity contribution in [2.75, 3.05) is 5.73 Å². The number of halogens is 1. The molecule has 2 heterocycles. The number of nitrogen functional groups attached to an aromatic ring is 1. The summed E-state index contributed by atoms with van der Waals surface area (Å²) in [5, 5.41) is 0. The quantitative estimate of drug-likeness (QED) is 0.717. The summed E-state index contributed by atoms with van der Waals surface area (Å²) in [5.74, 6) is 0.984. The van der Waals surface area contributed by atoms with Crippen LogP contribution in [0, 0.1) is 6.92 Å². The Morgan fingerprint density at radius 2 is 2.11 bits per heavy atom. The van der Waals surface area contributed by atoms with E-state index in [9.17, 15) is 0 Å². The number of benzene rings is 1. The largest absolute Gasteiger partial charge is 0.399 e. The van der Waals surface area contributed by atoms with Gasteiger partial charge in [0.1, 0.15) is 5.82 Å². The third-order valence-electron chi connectivity index (χ3n) is 3.28. The van der Waals surface area contributed by atoms with Crippen molar-refractivity contribution < 1.29 is 0 Å². The fourth-order valence-electron chi connectivity index (χ4n) is 2.41. The lowest BCUT2D eigenvalue weighted by molar-refractivity contribution is 0.648. The third kappa shape index (κ3) is 2.11. The fraction of sp³-hybridized carbons (Fsp3) is 0.214. The van der Waals surface area contributed by atoms with Crippen LogP contribution in [0.3, 0.4) is 0 Å². The minimum absolute atomic E-state index is 0.214. The van der Waals surface area contributed by atoms with Gasteiger partial charge in [-0.1, -0.05) is 11.6 Å². The van der Waals surface area contributed by atoms with E-state index in [4.69, 9.17) is 17.3 Å². The molecule has 0 saturated carbocycles. The molecule has 1 atom stereocenters. The Hall–Kier alpha value is -1.52. The standard InChI is InChI=1S/C14H14ClN3S/c1-8(13-5-6-14(15)19-13)18-9(2)17-11-7-10(16)3-4-12(11)18/h3-8H,16H2,1-2H3. The maximum atomic E-state index is 6.02. The van der Waals surface area contributed by atoms with Gasteiger partial charge in [0, 0.05) is 10.6 Å². The highest BCUT2D eigenvalue weighted by Gasteiger charge is 2.16. The number of rotatable bonds is 2. The van der Waals surface area contributed by atoms with Crippen LogP contribution in [-0.2, 0) is 0 Å². The minimum Gasteiger partial charge on any atom is -0.399 e. The van der Waals surface area contributed by atoms with Crippen molar-refractivity contribution in [3.8, 4) is 0 Å². The van der Waals surface area contributed by atoms with Gasteiger partial charge in [0.05, 0.1) is 21.4 Å². The van der Waals surface area contributed by atoms with Crippen LogP contribution in [0.2, 0.25) is 4.34 Å². The van der Waals surface area contributed by atoms with E-state index in [2.05, 4.69) is 22.5 Å². The second-order valence-electron chi connectivity index (χ2n) is 4.60. The van der Waals surface area contributed by atoms with Crippen LogP contribution in [0.25, 0.3) is 11.0 Å². The molecule has 0 aliphatic rings. The van der Waals surface area contributed by atoms with E-state index in [1.807, 2.05) is 31.2 Å². The maximum Gasteiger partial charge on any atom is 0.107 e. The number of thiophene rings is 1. The number of nitrogens with two attached hydrogens (primary N) is 1. The van der Waals surface area contributed by atoms with Gasteiger partial charge >= 0.3 is 0 Å². The van der Waals surface area contributed by atoms with Crippen molar-refractivity contribution in [2.24, 2.45) is 0 Å². The molecule has 0 amide bonds.